The molecule has 1 heterocycles. The number of hydrogen-bond acceptors (Lipinski definition) is 4. The molecule has 0 fully saturated rings. The summed E-state index contributed by atoms with van der Waals surface area (Å²) in [4.78, 5) is 27.6. The quantitative estimate of drug-likeness (QED) is 0.679. The van der Waals surface area contributed by atoms with Gasteiger partial charge in [0.05, 0.1) is 22.8 Å². The maximum absolute atomic E-state index is 12.2. The molecule has 2 rings (SSSR count). The minimum atomic E-state index is -0.454. The molecule has 0 radical (unpaired) electrons. The zero-order valence-corrected chi connectivity index (χ0v) is 13.1. The number of nitrogens with one attached hydrogen (secondary N) is 1. The summed E-state index contributed by atoms with van der Waals surface area (Å²) in [6.07, 6.45) is 1.29. The van der Waals surface area contributed by atoms with E-state index in [2.05, 4.69) is 10.3 Å². The molecule has 7 heteroatoms. The van der Waals surface area contributed by atoms with Crippen LogP contribution >= 0.6 is 23.2 Å². The Kier molecular flexibility index (Phi) is 5.35. The van der Waals surface area contributed by atoms with Crippen molar-refractivity contribution in [2.75, 3.05) is 11.9 Å². The maximum atomic E-state index is 12.2. The molecule has 22 heavy (non-hydrogen) atoms. The summed E-state index contributed by atoms with van der Waals surface area (Å²) in [5, 5.41) is 3.04. The summed E-state index contributed by atoms with van der Waals surface area (Å²) in [5.41, 5.74) is 0.981. The van der Waals surface area contributed by atoms with Crippen LogP contribution in [-0.2, 0) is 4.74 Å². The fourth-order valence-corrected chi connectivity index (χ4v) is 2.16. The monoisotopic (exact) mass is 338 g/mol. The molecule has 0 aliphatic heterocycles. The van der Waals surface area contributed by atoms with E-state index in [0.29, 0.717) is 11.3 Å². The van der Waals surface area contributed by atoms with Crippen molar-refractivity contribution < 1.29 is 14.3 Å². The average molecular weight is 339 g/mol. The molecular weight excluding hydrogens is 327 g/mol. The fraction of sp³-hybridized carbons (Fsp3) is 0.133. The van der Waals surface area contributed by atoms with Crippen molar-refractivity contribution in [2.24, 2.45) is 0 Å². The second-order valence-corrected chi connectivity index (χ2v) is 5.04. The number of rotatable bonds is 4. The van der Waals surface area contributed by atoms with Crippen LogP contribution in [0.15, 0.2) is 36.5 Å². The van der Waals surface area contributed by atoms with E-state index in [-0.39, 0.29) is 22.3 Å². The zero-order valence-electron chi connectivity index (χ0n) is 11.6. The van der Waals surface area contributed by atoms with Crippen LogP contribution in [0.5, 0.6) is 0 Å². The lowest BCUT2D eigenvalue weighted by atomic mass is 10.2. The molecule has 0 spiro atoms. The Morgan fingerprint density at radius 3 is 2.73 bits per heavy atom. The molecule has 114 valence electrons. The Balaban J connectivity index is 2.18. The number of amides is 1. The standard InChI is InChI=1S/C15H12Cl2N2O3/c1-2-22-15(21)9-4-3-5-10(6-9)19-14(20)11-8-18-13(17)7-12(11)16/h3-8H,2H2,1H3,(H,19,20). The number of halogens is 2. The minimum absolute atomic E-state index is 0.188. The molecular formula is C15H12Cl2N2O3. The number of nitrogens with zero attached hydrogens (tertiary/aromatic N) is 1. The van der Waals surface area contributed by atoms with Crippen LogP contribution in [-0.4, -0.2) is 23.5 Å². The lowest BCUT2D eigenvalue weighted by molar-refractivity contribution is 0.0526. The highest BCUT2D eigenvalue weighted by Crippen LogP contribution is 2.20. The lowest BCUT2D eigenvalue weighted by Gasteiger charge is -2.08. The van der Waals surface area contributed by atoms with Crippen LogP contribution in [0.2, 0.25) is 10.2 Å². The fourth-order valence-electron chi connectivity index (χ4n) is 1.71. The molecule has 0 aliphatic rings. The first-order valence-electron chi connectivity index (χ1n) is 6.41. The molecule has 1 aromatic carbocycles. The highest BCUT2D eigenvalue weighted by Gasteiger charge is 2.13. The lowest BCUT2D eigenvalue weighted by Crippen LogP contribution is -2.13. The number of benzene rings is 1. The highest BCUT2D eigenvalue weighted by molar-refractivity contribution is 6.36. The van der Waals surface area contributed by atoms with E-state index < -0.39 is 11.9 Å². The van der Waals surface area contributed by atoms with Gasteiger partial charge in [-0.15, -0.1) is 0 Å². The Bertz CT molecular complexity index is 720. The Hall–Kier alpha value is -2.11. The Labute approximate surface area is 137 Å². The van der Waals surface area contributed by atoms with Gasteiger partial charge in [-0.2, -0.15) is 0 Å². The largest absolute Gasteiger partial charge is 0.462 e. The number of hydrogen-bond donors (Lipinski definition) is 1. The van der Waals surface area contributed by atoms with Crippen molar-refractivity contribution in [3.05, 3.63) is 57.8 Å². The number of carbonyl (C=O) groups is 2. The summed E-state index contributed by atoms with van der Waals surface area (Å²) in [5.74, 6) is -0.903. The number of ether oxygens (including phenoxy) is 1. The van der Waals surface area contributed by atoms with Crippen LogP contribution in [0.4, 0.5) is 5.69 Å². The van der Waals surface area contributed by atoms with Gasteiger partial charge in [-0.1, -0.05) is 29.3 Å². The molecule has 0 unspecified atom stereocenters. The van der Waals surface area contributed by atoms with E-state index in [0.717, 1.165) is 0 Å². The van der Waals surface area contributed by atoms with Gasteiger partial charge in [0, 0.05) is 11.9 Å². The molecule has 1 N–H and O–H groups in total. The van der Waals surface area contributed by atoms with E-state index >= 15 is 0 Å². The van der Waals surface area contributed by atoms with E-state index in [9.17, 15) is 9.59 Å². The molecule has 0 aliphatic carbocycles. The van der Waals surface area contributed by atoms with Crippen molar-refractivity contribution in [3.63, 3.8) is 0 Å². The number of esters is 1. The zero-order chi connectivity index (χ0) is 16.1. The number of anilines is 1. The highest BCUT2D eigenvalue weighted by atomic mass is 35.5. The Morgan fingerprint density at radius 2 is 2.05 bits per heavy atom. The third-order valence-electron chi connectivity index (χ3n) is 2.70. The van der Waals surface area contributed by atoms with Crippen LogP contribution in [0, 0.1) is 0 Å². The predicted octanol–water partition coefficient (Wildman–Crippen LogP) is 3.82. The molecule has 0 saturated carbocycles. The van der Waals surface area contributed by atoms with Gasteiger partial charge >= 0.3 is 5.97 Å². The first-order valence-corrected chi connectivity index (χ1v) is 7.16. The number of carbonyl (C=O) groups excluding carboxylic acids is 2. The molecule has 0 bridgehead atoms. The molecule has 0 saturated heterocycles. The van der Waals surface area contributed by atoms with Crippen molar-refractivity contribution in [2.45, 2.75) is 6.92 Å². The minimum Gasteiger partial charge on any atom is -0.462 e. The molecule has 5 nitrogen and oxygen atoms in total. The molecule has 1 amide bonds. The predicted molar refractivity (Wildman–Crippen MR) is 84.6 cm³/mol. The van der Waals surface area contributed by atoms with E-state index in [1.54, 1.807) is 25.1 Å². The van der Waals surface area contributed by atoms with Crippen LogP contribution in [0.3, 0.4) is 0 Å². The number of aromatic nitrogens is 1. The van der Waals surface area contributed by atoms with Crippen molar-refractivity contribution >= 4 is 40.8 Å². The molecule has 2 aromatic rings. The van der Waals surface area contributed by atoms with Crippen LogP contribution in [0.1, 0.15) is 27.6 Å². The van der Waals surface area contributed by atoms with Crippen LogP contribution < -0.4 is 5.32 Å². The van der Waals surface area contributed by atoms with Gasteiger partial charge in [-0.3, -0.25) is 4.79 Å². The van der Waals surface area contributed by atoms with Gasteiger partial charge in [-0.05, 0) is 31.2 Å². The van der Waals surface area contributed by atoms with Crippen molar-refractivity contribution in [1.29, 1.82) is 0 Å². The van der Waals surface area contributed by atoms with Gasteiger partial charge in [0.2, 0.25) is 0 Å². The smallest absolute Gasteiger partial charge is 0.338 e. The van der Waals surface area contributed by atoms with E-state index in [1.165, 1.54) is 18.3 Å². The topological polar surface area (TPSA) is 68.3 Å². The van der Waals surface area contributed by atoms with Gasteiger partial charge in [0.1, 0.15) is 5.15 Å². The second-order valence-electron chi connectivity index (χ2n) is 4.24. The SMILES string of the molecule is CCOC(=O)c1cccc(NC(=O)c2cnc(Cl)cc2Cl)c1. The normalized spacial score (nSPS) is 10.1. The maximum Gasteiger partial charge on any atom is 0.338 e. The Morgan fingerprint density at radius 1 is 1.27 bits per heavy atom. The van der Waals surface area contributed by atoms with E-state index in [4.69, 9.17) is 27.9 Å². The summed E-state index contributed by atoms with van der Waals surface area (Å²) in [6, 6.07) is 7.80. The first-order chi connectivity index (χ1) is 10.5. The van der Waals surface area contributed by atoms with Crippen molar-refractivity contribution in [1.82, 2.24) is 4.98 Å². The van der Waals surface area contributed by atoms with Gasteiger partial charge in [0.15, 0.2) is 0 Å². The van der Waals surface area contributed by atoms with Gasteiger partial charge < -0.3 is 10.1 Å². The summed E-state index contributed by atoms with van der Waals surface area (Å²) < 4.78 is 4.91. The average Bonchev–Trinajstić information content (AvgIpc) is 2.47. The molecule has 1 aromatic heterocycles. The summed E-state index contributed by atoms with van der Waals surface area (Å²) in [7, 11) is 0. The van der Waals surface area contributed by atoms with Gasteiger partial charge in [0.25, 0.3) is 5.91 Å². The number of pyridine rings is 1. The van der Waals surface area contributed by atoms with Crippen LogP contribution in [0.25, 0.3) is 0 Å². The van der Waals surface area contributed by atoms with E-state index in [1.807, 2.05) is 0 Å². The second kappa shape index (κ2) is 7.24. The summed E-state index contributed by atoms with van der Waals surface area (Å²) >= 11 is 11.6. The summed E-state index contributed by atoms with van der Waals surface area (Å²) in [6.45, 7) is 2.00. The third-order valence-corrected chi connectivity index (χ3v) is 3.22. The first kappa shape index (κ1) is 16.3. The van der Waals surface area contributed by atoms with Crippen molar-refractivity contribution in [3.8, 4) is 0 Å². The van der Waals surface area contributed by atoms with Gasteiger partial charge in [-0.25, -0.2) is 9.78 Å². The third kappa shape index (κ3) is 3.96. The molecule has 0 atom stereocenters.